The van der Waals surface area contributed by atoms with Gasteiger partial charge in [-0.3, -0.25) is 4.68 Å². The van der Waals surface area contributed by atoms with E-state index in [-0.39, 0.29) is 0 Å². The third kappa shape index (κ3) is 3.88. The number of nitrogens with one attached hydrogen (secondary N) is 1. The van der Waals surface area contributed by atoms with Crippen molar-refractivity contribution in [2.45, 2.75) is 31.7 Å². The highest BCUT2D eigenvalue weighted by atomic mass is 35.5. The third-order valence-electron chi connectivity index (χ3n) is 5.75. The number of hydrogen-bond acceptors (Lipinski definition) is 4. The molecule has 1 saturated carbocycles. The average Bonchev–Trinajstić information content (AvgIpc) is 3.50. The summed E-state index contributed by atoms with van der Waals surface area (Å²) in [5, 5.41) is 13.2. The Labute approximate surface area is 185 Å². The number of nitrogens with two attached hydrogens (primary N) is 1. The van der Waals surface area contributed by atoms with Gasteiger partial charge in [-0.1, -0.05) is 36.6 Å². The van der Waals surface area contributed by atoms with Crippen molar-refractivity contribution in [3.8, 4) is 11.1 Å². The standard InChI is InChI=1S/C23H24ClN7/c1-30-13-16(11-26-30)15-10-21-22(28-17-6-2-3-7-17)18(12-27-31(21)14-15)23(25)29-20-9-5-4-8-19(20)24/h4-5,8-14,17,28H,2-3,6-7H2,1H3,(H2,25,29). The molecule has 3 aromatic heterocycles. The van der Waals surface area contributed by atoms with Gasteiger partial charge < -0.3 is 11.1 Å². The first kappa shape index (κ1) is 19.6. The molecule has 158 valence electrons. The first-order valence-electron chi connectivity index (χ1n) is 10.4. The van der Waals surface area contributed by atoms with Gasteiger partial charge in [0.25, 0.3) is 0 Å². The second kappa shape index (κ2) is 8.07. The van der Waals surface area contributed by atoms with Crippen molar-refractivity contribution >= 4 is 34.3 Å². The van der Waals surface area contributed by atoms with Crippen LogP contribution >= 0.6 is 11.6 Å². The number of nitrogens with zero attached hydrogens (tertiary/aromatic N) is 5. The van der Waals surface area contributed by atoms with E-state index in [1.165, 1.54) is 12.8 Å². The molecular formula is C23H24ClN7. The van der Waals surface area contributed by atoms with Gasteiger partial charge in [-0.2, -0.15) is 10.2 Å². The Balaban J connectivity index is 1.63. The molecule has 3 N–H and O–H groups in total. The van der Waals surface area contributed by atoms with Gasteiger partial charge >= 0.3 is 0 Å². The van der Waals surface area contributed by atoms with E-state index < -0.39 is 0 Å². The predicted octanol–water partition coefficient (Wildman–Crippen LogP) is 4.78. The zero-order valence-corrected chi connectivity index (χ0v) is 18.0. The molecule has 0 spiro atoms. The lowest BCUT2D eigenvalue weighted by atomic mass is 10.1. The minimum absolute atomic E-state index is 0.382. The second-order valence-corrected chi connectivity index (χ2v) is 8.38. The highest BCUT2D eigenvalue weighted by molar-refractivity contribution is 6.33. The summed E-state index contributed by atoms with van der Waals surface area (Å²) in [4.78, 5) is 4.60. The smallest absolute Gasteiger partial charge is 0.135 e. The van der Waals surface area contributed by atoms with Crippen LogP contribution in [0.3, 0.4) is 0 Å². The molecule has 1 fully saturated rings. The Hall–Kier alpha value is -3.32. The topological polar surface area (TPSA) is 85.5 Å². The molecule has 0 radical (unpaired) electrons. The van der Waals surface area contributed by atoms with E-state index in [1.807, 2.05) is 48.4 Å². The molecule has 8 heteroatoms. The van der Waals surface area contributed by atoms with Crippen LogP contribution in [0.2, 0.25) is 5.02 Å². The lowest BCUT2D eigenvalue weighted by molar-refractivity contribution is 0.754. The van der Waals surface area contributed by atoms with Crippen molar-refractivity contribution in [1.82, 2.24) is 19.4 Å². The summed E-state index contributed by atoms with van der Waals surface area (Å²) in [5.41, 5.74) is 11.9. The molecule has 5 rings (SSSR count). The molecule has 0 aliphatic heterocycles. The normalized spacial score (nSPS) is 15.1. The van der Waals surface area contributed by atoms with Crippen molar-refractivity contribution in [1.29, 1.82) is 0 Å². The summed E-state index contributed by atoms with van der Waals surface area (Å²) in [6.07, 6.45) is 12.4. The molecule has 31 heavy (non-hydrogen) atoms. The first-order chi connectivity index (χ1) is 15.1. The number of benzene rings is 1. The number of anilines is 1. The van der Waals surface area contributed by atoms with Crippen molar-refractivity contribution in [2.75, 3.05) is 5.32 Å². The maximum absolute atomic E-state index is 6.47. The molecule has 3 heterocycles. The van der Waals surface area contributed by atoms with Gasteiger partial charge in [0.2, 0.25) is 0 Å². The van der Waals surface area contributed by atoms with Crippen LogP contribution in [0.15, 0.2) is 60.1 Å². The van der Waals surface area contributed by atoms with E-state index in [9.17, 15) is 0 Å². The Morgan fingerprint density at radius 2 is 1.94 bits per heavy atom. The summed E-state index contributed by atoms with van der Waals surface area (Å²) >= 11 is 6.30. The van der Waals surface area contributed by atoms with Crippen LogP contribution in [0.25, 0.3) is 16.6 Å². The lowest BCUT2D eigenvalue weighted by Gasteiger charge is -2.18. The molecule has 0 bridgehead atoms. The zero-order valence-electron chi connectivity index (χ0n) is 17.3. The SMILES string of the molecule is Cn1cc(-c2cc3c(NC4CCCC4)c(/C(N)=N/c4ccccc4Cl)cnn3c2)cn1. The van der Waals surface area contributed by atoms with Gasteiger partial charge in [-0.15, -0.1) is 0 Å². The number of para-hydroxylation sites is 1. The highest BCUT2D eigenvalue weighted by Gasteiger charge is 2.21. The Bertz CT molecular complexity index is 1260. The fourth-order valence-corrected chi connectivity index (χ4v) is 4.32. The largest absolute Gasteiger partial charge is 0.383 e. The van der Waals surface area contributed by atoms with E-state index in [4.69, 9.17) is 17.3 Å². The van der Waals surface area contributed by atoms with Gasteiger partial charge in [-0.05, 0) is 31.0 Å². The highest BCUT2D eigenvalue weighted by Crippen LogP contribution is 2.32. The van der Waals surface area contributed by atoms with Gasteiger partial charge in [0.1, 0.15) is 5.84 Å². The Morgan fingerprint density at radius 1 is 1.13 bits per heavy atom. The minimum Gasteiger partial charge on any atom is -0.383 e. The van der Waals surface area contributed by atoms with Gasteiger partial charge in [0, 0.05) is 36.6 Å². The monoisotopic (exact) mass is 433 g/mol. The summed E-state index contributed by atoms with van der Waals surface area (Å²) in [6.45, 7) is 0. The van der Waals surface area contributed by atoms with Crippen molar-refractivity contribution in [3.05, 3.63) is 65.7 Å². The number of rotatable bonds is 5. The molecule has 0 amide bonds. The quantitative estimate of drug-likeness (QED) is 0.350. The first-order valence-corrected chi connectivity index (χ1v) is 10.8. The molecule has 0 atom stereocenters. The molecule has 1 aliphatic rings. The maximum atomic E-state index is 6.47. The van der Waals surface area contributed by atoms with Gasteiger partial charge in [0.05, 0.1) is 39.9 Å². The van der Waals surface area contributed by atoms with Crippen LogP contribution in [0.1, 0.15) is 31.2 Å². The van der Waals surface area contributed by atoms with Crippen molar-refractivity contribution in [3.63, 3.8) is 0 Å². The minimum atomic E-state index is 0.382. The van der Waals surface area contributed by atoms with Crippen LogP contribution in [0, 0.1) is 0 Å². The number of amidine groups is 1. The van der Waals surface area contributed by atoms with Crippen LogP contribution in [-0.4, -0.2) is 31.3 Å². The van der Waals surface area contributed by atoms with Crippen molar-refractivity contribution in [2.24, 2.45) is 17.8 Å². The molecule has 0 unspecified atom stereocenters. The summed E-state index contributed by atoms with van der Waals surface area (Å²) in [7, 11) is 1.91. The van der Waals surface area contributed by atoms with Crippen LogP contribution in [0.5, 0.6) is 0 Å². The van der Waals surface area contributed by atoms with Crippen LogP contribution in [-0.2, 0) is 7.05 Å². The molecule has 1 aromatic carbocycles. The molecule has 1 aliphatic carbocycles. The molecule has 7 nitrogen and oxygen atoms in total. The van der Waals surface area contributed by atoms with Crippen LogP contribution < -0.4 is 11.1 Å². The lowest BCUT2D eigenvalue weighted by Crippen LogP contribution is -2.22. The fraction of sp³-hybridized carbons (Fsp3) is 0.261. The number of aliphatic imine (C=N–C) groups is 1. The molecular weight excluding hydrogens is 410 g/mol. The van der Waals surface area contributed by atoms with Gasteiger partial charge in [-0.25, -0.2) is 9.51 Å². The summed E-state index contributed by atoms with van der Waals surface area (Å²) in [6, 6.07) is 9.95. The van der Waals surface area contributed by atoms with E-state index in [2.05, 4.69) is 26.6 Å². The number of hydrogen-bond donors (Lipinski definition) is 2. The fourth-order valence-electron chi connectivity index (χ4n) is 4.14. The second-order valence-electron chi connectivity index (χ2n) is 7.97. The number of fused-ring (bicyclic) bond motifs is 1. The van der Waals surface area contributed by atoms with E-state index in [0.29, 0.717) is 22.6 Å². The van der Waals surface area contributed by atoms with Crippen molar-refractivity contribution < 1.29 is 0 Å². The summed E-state index contributed by atoms with van der Waals surface area (Å²) in [5.74, 6) is 0.382. The number of aryl methyl sites for hydroxylation is 1. The van der Waals surface area contributed by atoms with Gasteiger partial charge in [0.15, 0.2) is 0 Å². The molecule has 4 aromatic rings. The van der Waals surface area contributed by atoms with Crippen LogP contribution in [0.4, 0.5) is 11.4 Å². The maximum Gasteiger partial charge on any atom is 0.135 e. The zero-order chi connectivity index (χ0) is 21.4. The van der Waals surface area contributed by atoms with E-state index >= 15 is 0 Å². The third-order valence-corrected chi connectivity index (χ3v) is 6.07. The summed E-state index contributed by atoms with van der Waals surface area (Å²) < 4.78 is 3.67. The number of aromatic nitrogens is 4. The Morgan fingerprint density at radius 3 is 2.68 bits per heavy atom. The van der Waals surface area contributed by atoms with E-state index in [1.54, 1.807) is 16.9 Å². The Kier molecular flexibility index (Phi) is 5.11. The predicted molar refractivity (Wildman–Crippen MR) is 125 cm³/mol. The number of halogens is 1. The van der Waals surface area contributed by atoms with E-state index in [0.717, 1.165) is 40.7 Å². The average molecular weight is 434 g/mol. The molecule has 0 saturated heterocycles.